The average Bonchev–Trinajstić information content (AvgIpc) is 3.11. The normalized spacial score (nSPS) is 15.7. The van der Waals surface area contributed by atoms with Crippen LogP contribution in [0.5, 0.6) is 11.5 Å². The first-order valence-electron chi connectivity index (χ1n) is 7.22. The van der Waals surface area contributed by atoms with E-state index in [1.165, 1.54) is 0 Å². The van der Waals surface area contributed by atoms with Crippen molar-refractivity contribution >= 4 is 11.8 Å². The van der Waals surface area contributed by atoms with Gasteiger partial charge in [0.25, 0.3) is 5.91 Å². The van der Waals surface area contributed by atoms with E-state index in [1.54, 1.807) is 36.6 Å². The monoisotopic (exact) mass is 316 g/mol. The van der Waals surface area contributed by atoms with Crippen molar-refractivity contribution in [3.05, 3.63) is 48.4 Å². The molecular weight excluding hydrogens is 300 g/mol. The fourth-order valence-corrected chi connectivity index (χ4v) is 2.11. The number of aryl methyl sites for hydroxylation is 1. The van der Waals surface area contributed by atoms with Crippen molar-refractivity contribution in [3.8, 4) is 11.5 Å². The summed E-state index contributed by atoms with van der Waals surface area (Å²) < 4.78 is 16.1. The standard InChI is InChI=1S/C16H16N2O5/c19-15(8-7-11-4-3-9-21-11)17-18-16(20)14-10-22-12-5-1-2-6-13(12)23-14/h1-6,9,14H,7-8,10H2,(H,17,19)(H,18,20). The molecule has 0 saturated heterocycles. The van der Waals surface area contributed by atoms with Gasteiger partial charge in [-0.1, -0.05) is 12.1 Å². The third kappa shape index (κ3) is 3.82. The maximum Gasteiger partial charge on any atom is 0.283 e. The third-order valence-corrected chi connectivity index (χ3v) is 3.30. The van der Waals surface area contributed by atoms with Gasteiger partial charge in [-0.05, 0) is 24.3 Å². The molecule has 2 amide bonds. The number of fused-ring (bicyclic) bond motifs is 1. The molecule has 0 saturated carbocycles. The molecule has 7 heteroatoms. The van der Waals surface area contributed by atoms with Crippen LogP contribution in [0.2, 0.25) is 0 Å². The largest absolute Gasteiger partial charge is 0.485 e. The summed E-state index contributed by atoms with van der Waals surface area (Å²) in [6, 6.07) is 10.6. The highest BCUT2D eigenvalue weighted by atomic mass is 16.6. The van der Waals surface area contributed by atoms with Crippen molar-refractivity contribution in [2.75, 3.05) is 6.61 Å². The molecule has 1 atom stereocenters. The van der Waals surface area contributed by atoms with E-state index in [4.69, 9.17) is 13.9 Å². The summed E-state index contributed by atoms with van der Waals surface area (Å²) in [7, 11) is 0. The second kappa shape index (κ2) is 6.87. The minimum absolute atomic E-state index is 0.0884. The highest BCUT2D eigenvalue weighted by molar-refractivity contribution is 5.85. The van der Waals surface area contributed by atoms with Gasteiger partial charge in [0.15, 0.2) is 11.5 Å². The molecule has 3 rings (SSSR count). The molecule has 0 aliphatic carbocycles. The number of hydrazine groups is 1. The molecule has 0 spiro atoms. The van der Waals surface area contributed by atoms with Crippen LogP contribution in [0, 0.1) is 0 Å². The zero-order chi connectivity index (χ0) is 16.1. The van der Waals surface area contributed by atoms with Crippen LogP contribution in [-0.4, -0.2) is 24.5 Å². The van der Waals surface area contributed by atoms with Crippen molar-refractivity contribution in [2.45, 2.75) is 18.9 Å². The topological polar surface area (TPSA) is 89.8 Å². The van der Waals surface area contributed by atoms with Gasteiger partial charge in [0.05, 0.1) is 6.26 Å². The van der Waals surface area contributed by atoms with E-state index in [2.05, 4.69) is 10.9 Å². The smallest absolute Gasteiger partial charge is 0.283 e. The van der Waals surface area contributed by atoms with Crippen LogP contribution in [0.3, 0.4) is 0 Å². The van der Waals surface area contributed by atoms with Crippen LogP contribution in [0.25, 0.3) is 0 Å². The van der Waals surface area contributed by atoms with Crippen molar-refractivity contribution < 1.29 is 23.5 Å². The maximum absolute atomic E-state index is 12.0. The summed E-state index contributed by atoms with van der Waals surface area (Å²) in [6.07, 6.45) is 1.41. The van der Waals surface area contributed by atoms with Crippen molar-refractivity contribution in [3.63, 3.8) is 0 Å². The van der Waals surface area contributed by atoms with E-state index in [1.807, 2.05) is 6.07 Å². The molecule has 2 heterocycles. The molecular formula is C16H16N2O5. The van der Waals surface area contributed by atoms with Crippen LogP contribution >= 0.6 is 0 Å². The van der Waals surface area contributed by atoms with Crippen molar-refractivity contribution in [1.82, 2.24) is 10.9 Å². The lowest BCUT2D eigenvalue weighted by molar-refractivity contribution is -0.135. The summed E-state index contributed by atoms with van der Waals surface area (Å²) in [5.74, 6) is 1.03. The molecule has 2 N–H and O–H groups in total. The Morgan fingerprint density at radius 1 is 1.09 bits per heavy atom. The van der Waals surface area contributed by atoms with E-state index in [9.17, 15) is 9.59 Å². The number of amides is 2. The molecule has 23 heavy (non-hydrogen) atoms. The number of carbonyl (C=O) groups excluding carboxylic acids is 2. The predicted octanol–water partition coefficient (Wildman–Crippen LogP) is 1.20. The van der Waals surface area contributed by atoms with E-state index in [-0.39, 0.29) is 18.9 Å². The second-order valence-corrected chi connectivity index (χ2v) is 4.98. The minimum Gasteiger partial charge on any atom is -0.485 e. The highest BCUT2D eigenvalue weighted by Gasteiger charge is 2.27. The first-order valence-corrected chi connectivity index (χ1v) is 7.22. The lowest BCUT2D eigenvalue weighted by Crippen LogP contribution is -2.50. The lowest BCUT2D eigenvalue weighted by Gasteiger charge is -2.25. The molecule has 2 aromatic rings. The number of furan rings is 1. The molecule has 120 valence electrons. The first kappa shape index (κ1) is 15.0. The van der Waals surface area contributed by atoms with Gasteiger partial charge in [-0.25, -0.2) is 0 Å². The Kier molecular flexibility index (Phi) is 4.46. The van der Waals surface area contributed by atoms with Crippen LogP contribution in [-0.2, 0) is 16.0 Å². The second-order valence-electron chi connectivity index (χ2n) is 4.98. The molecule has 0 bridgehead atoms. The molecule has 7 nitrogen and oxygen atoms in total. The van der Waals surface area contributed by atoms with Crippen molar-refractivity contribution in [1.29, 1.82) is 0 Å². The van der Waals surface area contributed by atoms with Crippen LogP contribution in [0.15, 0.2) is 47.1 Å². The fraction of sp³-hybridized carbons (Fsp3) is 0.250. The van der Waals surface area contributed by atoms with Gasteiger partial charge in [-0.3, -0.25) is 20.4 Å². The Morgan fingerprint density at radius 2 is 1.91 bits per heavy atom. The molecule has 0 fully saturated rings. The highest BCUT2D eigenvalue weighted by Crippen LogP contribution is 2.30. The van der Waals surface area contributed by atoms with E-state index in [0.29, 0.717) is 23.7 Å². The Labute approximate surface area is 132 Å². The Bertz CT molecular complexity index is 684. The van der Waals surface area contributed by atoms with E-state index >= 15 is 0 Å². The summed E-state index contributed by atoms with van der Waals surface area (Å²) in [4.78, 5) is 23.7. The van der Waals surface area contributed by atoms with Gasteiger partial charge in [0.1, 0.15) is 12.4 Å². The minimum atomic E-state index is -0.810. The fourth-order valence-electron chi connectivity index (χ4n) is 2.11. The molecule has 1 aliphatic heterocycles. The number of benzene rings is 1. The number of para-hydroxylation sites is 2. The third-order valence-electron chi connectivity index (χ3n) is 3.30. The van der Waals surface area contributed by atoms with Crippen LogP contribution < -0.4 is 20.3 Å². The first-order chi connectivity index (χ1) is 11.2. The van der Waals surface area contributed by atoms with E-state index < -0.39 is 12.0 Å². The van der Waals surface area contributed by atoms with Crippen molar-refractivity contribution in [2.24, 2.45) is 0 Å². The predicted molar refractivity (Wildman–Crippen MR) is 79.7 cm³/mol. The zero-order valence-corrected chi connectivity index (χ0v) is 12.3. The molecule has 0 radical (unpaired) electrons. The molecule has 1 aromatic carbocycles. The SMILES string of the molecule is O=C(CCc1ccco1)NNC(=O)C1COc2ccccc2O1. The van der Waals surface area contributed by atoms with Gasteiger partial charge < -0.3 is 13.9 Å². The number of ether oxygens (including phenoxy) is 2. The number of rotatable bonds is 4. The number of carbonyl (C=O) groups is 2. The molecule has 1 aromatic heterocycles. The van der Waals surface area contributed by atoms with Gasteiger partial charge >= 0.3 is 0 Å². The number of nitrogens with one attached hydrogen (secondary N) is 2. The number of hydrogen-bond acceptors (Lipinski definition) is 5. The van der Waals surface area contributed by atoms with Gasteiger partial charge in [-0.2, -0.15) is 0 Å². The summed E-state index contributed by atoms with van der Waals surface area (Å²) in [6.45, 7) is 0.0884. The average molecular weight is 316 g/mol. The Balaban J connectivity index is 1.44. The lowest BCUT2D eigenvalue weighted by atomic mass is 10.2. The summed E-state index contributed by atoms with van der Waals surface area (Å²) in [5, 5.41) is 0. The van der Waals surface area contributed by atoms with Gasteiger partial charge in [-0.15, -0.1) is 0 Å². The summed E-state index contributed by atoms with van der Waals surface area (Å²) in [5.41, 5.74) is 4.69. The van der Waals surface area contributed by atoms with Gasteiger partial charge in [0.2, 0.25) is 12.0 Å². The van der Waals surface area contributed by atoms with Crippen LogP contribution in [0.1, 0.15) is 12.2 Å². The van der Waals surface area contributed by atoms with E-state index in [0.717, 1.165) is 0 Å². The summed E-state index contributed by atoms with van der Waals surface area (Å²) >= 11 is 0. The number of hydrogen-bond donors (Lipinski definition) is 2. The van der Waals surface area contributed by atoms with Gasteiger partial charge in [0, 0.05) is 12.8 Å². The maximum atomic E-state index is 12.0. The Morgan fingerprint density at radius 3 is 2.70 bits per heavy atom. The molecule has 1 aliphatic rings. The zero-order valence-electron chi connectivity index (χ0n) is 12.3. The Hall–Kier alpha value is -2.96. The quantitative estimate of drug-likeness (QED) is 0.827. The molecule has 1 unspecified atom stereocenters. The van der Waals surface area contributed by atoms with Crippen LogP contribution in [0.4, 0.5) is 0 Å².